The van der Waals surface area contributed by atoms with Gasteiger partial charge in [0.25, 0.3) is 11.8 Å². The van der Waals surface area contributed by atoms with Crippen LogP contribution in [0.25, 0.3) is 17.2 Å². The summed E-state index contributed by atoms with van der Waals surface area (Å²) in [6.45, 7) is 0. The van der Waals surface area contributed by atoms with Crippen LogP contribution in [-0.4, -0.2) is 16.9 Å². The van der Waals surface area contributed by atoms with Gasteiger partial charge in [-0.3, -0.25) is 19.8 Å². The molecule has 1 heterocycles. The van der Waals surface area contributed by atoms with Crippen LogP contribution >= 0.6 is 35.4 Å². The second-order valence-electron chi connectivity index (χ2n) is 6.53. The molecule has 0 radical (unpaired) electrons. The molecule has 1 saturated heterocycles. The van der Waals surface area contributed by atoms with Crippen LogP contribution in [0.5, 0.6) is 0 Å². The Balaban J connectivity index is 1.78. The molecule has 4 nitrogen and oxygen atoms in total. The first-order valence-corrected chi connectivity index (χ1v) is 10.1. The molecule has 30 heavy (non-hydrogen) atoms. The molecule has 0 atom stereocenters. The zero-order chi connectivity index (χ0) is 21.3. The third kappa shape index (κ3) is 4.00. The number of benzene rings is 3. The summed E-state index contributed by atoms with van der Waals surface area (Å²) in [4.78, 5) is 27.1. The maximum atomic E-state index is 13.2. The fourth-order valence-corrected chi connectivity index (χ4v) is 3.78. The molecule has 2 amide bonds. The minimum atomic E-state index is -0.545. The van der Waals surface area contributed by atoms with Gasteiger partial charge < -0.3 is 0 Å². The number of carbonyl (C=O) groups excluding carboxylic acids is 2. The van der Waals surface area contributed by atoms with Crippen molar-refractivity contribution in [1.82, 2.24) is 5.32 Å². The Morgan fingerprint density at radius 1 is 0.867 bits per heavy atom. The average molecular weight is 453 g/mol. The van der Waals surface area contributed by atoms with Gasteiger partial charge in [0.05, 0.1) is 5.69 Å². The second-order valence-corrected chi connectivity index (χ2v) is 7.79. The van der Waals surface area contributed by atoms with Gasteiger partial charge >= 0.3 is 0 Å². The van der Waals surface area contributed by atoms with Crippen LogP contribution in [0.3, 0.4) is 0 Å². The first-order chi connectivity index (χ1) is 14.4. The highest BCUT2D eigenvalue weighted by molar-refractivity contribution is 7.80. The minimum Gasteiger partial charge on any atom is -0.298 e. The monoisotopic (exact) mass is 452 g/mol. The van der Waals surface area contributed by atoms with Gasteiger partial charge in [-0.05, 0) is 71.4 Å². The maximum absolute atomic E-state index is 13.2. The average Bonchev–Trinajstić information content (AvgIpc) is 2.72. The van der Waals surface area contributed by atoms with Crippen molar-refractivity contribution in [2.24, 2.45) is 0 Å². The smallest absolute Gasteiger partial charge is 0.270 e. The van der Waals surface area contributed by atoms with E-state index in [1.54, 1.807) is 36.4 Å². The van der Waals surface area contributed by atoms with Crippen molar-refractivity contribution in [2.75, 3.05) is 4.90 Å². The van der Waals surface area contributed by atoms with E-state index < -0.39 is 11.8 Å². The van der Waals surface area contributed by atoms with E-state index in [0.717, 1.165) is 11.1 Å². The molecule has 4 rings (SSSR count). The standard InChI is InChI=1S/C23H14Cl2N2O2S/c24-16-8-10-18(11-9-16)27-22(29)20(21(28)26-23(27)30)13-15-4-1-2-7-19(15)14-5-3-6-17(25)12-14/h1-13H,(H,26,28,30)/b20-13+. The molecular weight excluding hydrogens is 439 g/mol. The molecule has 0 saturated carbocycles. The molecule has 1 N–H and O–H groups in total. The number of halogens is 2. The van der Waals surface area contributed by atoms with E-state index in [9.17, 15) is 9.59 Å². The molecule has 148 valence electrons. The summed E-state index contributed by atoms with van der Waals surface area (Å²) in [6.07, 6.45) is 1.57. The van der Waals surface area contributed by atoms with E-state index in [1.807, 2.05) is 42.5 Å². The molecule has 0 bridgehead atoms. The number of amides is 2. The van der Waals surface area contributed by atoms with Gasteiger partial charge in [0.1, 0.15) is 5.57 Å². The van der Waals surface area contributed by atoms with Crippen molar-refractivity contribution in [3.05, 3.63) is 94.0 Å². The summed E-state index contributed by atoms with van der Waals surface area (Å²) in [5.41, 5.74) is 2.93. The molecule has 0 aromatic heterocycles. The van der Waals surface area contributed by atoms with E-state index in [2.05, 4.69) is 5.32 Å². The lowest BCUT2D eigenvalue weighted by Gasteiger charge is -2.29. The molecule has 7 heteroatoms. The third-order valence-corrected chi connectivity index (χ3v) is 5.35. The highest BCUT2D eigenvalue weighted by Crippen LogP contribution is 2.29. The normalized spacial score (nSPS) is 15.5. The number of rotatable bonds is 3. The van der Waals surface area contributed by atoms with Gasteiger partial charge in [-0.25, -0.2) is 0 Å². The number of nitrogens with zero attached hydrogens (tertiary/aromatic N) is 1. The number of nitrogens with one attached hydrogen (secondary N) is 1. The Bertz CT molecular complexity index is 1210. The fourth-order valence-electron chi connectivity index (χ4n) is 3.18. The largest absolute Gasteiger partial charge is 0.298 e. The van der Waals surface area contributed by atoms with Gasteiger partial charge in [0, 0.05) is 10.0 Å². The highest BCUT2D eigenvalue weighted by Gasteiger charge is 2.34. The van der Waals surface area contributed by atoms with Crippen LogP contribution in [-0.2, 0) is 9.59 Å². The maximum Gasteiger partial charge on any atom is 0.270 e. The predicted octanol–water partition coefficient (Wildman–Crippen LogP) is 5.49. The Hall–Kier alpha value is -2.99. The number of carbonyl (C=O) groups is 2. The first-order valence-electron chi connectivity index (χ1n) is 8.96. The minimum absolute atomic E-state index is 0.0203. The summed E-state index contributed by atoms with van der Waals surface area (Å²) in [5, 5.41) is 3.74. The zero-order valence-corrected chi connectivity index (χ0v) is 17.8. The van der Waals surface area contributed by atoms with Crippen LogP contribution < -0.4 is 10.2 Å². The van der Waals surface area contributed by atoms with Crippen molar-refractivity contribution in [1.29, 1.82) is 0 Å². The summed E-state index contributed by atoms with van der Waals surface area (Å²) in [5.74, 6) is -1.05. The summed E-state index contributed by atoms with van der Waals surface area (Å²) < 4.78 is 0. The number of hydrogen-bond acceptors (Lipinski definition) is 3. The highest BCUT2D eigenvalue weighted by atomic mass is 35.5. The van der Waals surface area contributed by atoms with Gasteiger partial charge in [-0.2, -0.15) is 0 Å². The predicted molar refractivity (Wildman–Crippen MR) is 125 cm³/mol. The first kappa shape index (κ1) is 20.3. The van der Waals surface area contributed by atoms with Crippen LogP contribution in [0.15, 0.2) is 78.4 Å². The van der Waals surface area contributed by atoms with Gasteiger partial charge in [-0.1, -0.05) is 59.6 Å². The number of hydrogen-bond donors (Lipinski definition) is 1. The molecule has 1 aliphatic rings. The van der Waals surface area contributed by atoms with Crippen molar-refractivity contribution in [3.8, 4) is 11.1 Å². The molecule has 3 aromatic carbocycles. The zero-order valence-electron chi connectivity index (χ0n) is 15.4. The van der Waals surface area contributed by atoms with E-state index in [-0.39, 0.29) is 10.7 Å². The fraction of sp³-hybridized carbons (Fsp3) is 0. The lowest BCUT2D eigenvalue weighted by molar-refractivity contribution is -0.122. The molecule has 1 aliphatic heterocycles. The summed E-state index contributed by atoms with van der Waals surface area (Å²) >= 11 is 17.3. The van der Waals surface area contributed by atoms with Crippen LogP contribution in [0, 0.1) is 0 Å². The lowest BCUT2D eigenvalue weighted by Crippen LogP contribution is -2.54. The molecule has 0 spiro atoms. The van der Waals surface area contributed by atoms with Crippen LogP contribution in [0.1, 0.15) is 5.56 Å². The number of anilines is 1. The van der Waals surface area contributed by atoms with Crippen molar-refractivity contribution in [3.63, 3.8) is 0 Å². The van der Waals surface area contributed by atoms with E-state index in [0.29, 0.717) is 21.3 Å². The summed E-state index contributed by atoms with van der Waals surface area (Å²) in [6, 6.07) is 21.5. The topological polar surface area (TPSA) is 49.4 Å². The van der Waals surface area contributed by atoms with Gasteiger partial charge in [0.2, 0.25) is 0 Å². The van der Waals surface area contributed by atoms with Crippen LogP contribution in [0.4, 0.5) is 5.69 Å². The van der Waals surface area contributed by atoms with Crippen LogP contribution in [0.2, 0.25) is 10.0 Å². The Morgan fingerprint density at radius 3 is 2.33 bits per heavy atom. The molecule has 1 fully saturated rings. The van der Waals surface area contributed by atoms with Gasteiger partial charge in [0.15, 0.2) is 5.11 Å². The lowest BCUT2D eigenvalue weighted by atomic mass is 9.97. The Kier molecular flexibility index (Phi) is 5.68. The van der Waals surface area contributed by atoms with E-state index >= 15 is 0 Å². The second kappa shape index (κ2) is 8.40. The van der Waals surface area contributed by atoms with Crippen molar-refractivity contribution in [2.45, 2.75) is 0 Å². The Morgan fingerprint density at radius 2 is 1.60 bits per heavy atom. The van der Waals surface area contributed by atoms with Gasteiger partial charge in [-0.15, -0.1) is 0 Å². The molecule has 3 aromatic rings. The van der Waals surface area contributed by atoms with Crippen molar-refractivity contribution < 1.29 is 9.59 Å². The molecule has 0 unspecified atom stereocenters. The Labute approximate surface area is 188 Å². The molecule has 0 aliphatic carbocycles. The summed E-state index contributed by atoms with van der Waals surface area (Å²) in [7, 11) is 0. The SMILES string of the molecule is O=C1NC(=S)N(c2ccc(Cl)cc2)C(=O)/C1=C/c1ccccc1-c1cccc(Cl)c1. The van der Waals surface area contributed by atoms with E-state index in [1.165, 1.54) is 4.90 Å². The van der Waals surface area contributed by atoms with Crippen molar-refractivity contribution >= 4 is 64.1 Å². The quantitative estimate of drug-likeness (QED) is 0.324. The third-order valence-electron chi connectivity index (χ3n) is 4.58. The number of thiocarbonyl (C=S) groups is 1. The van der Waals surface area contributed by atoms with E-state index in [4.69, 9.17) is 35.4 Å². The molecular formula is C23H14Cl2N2O2S.